The van der Waals surface area contributed by atoms with Gasteiger partial charge in [0.15, 0.2) is 5.78 Å². The van der Waals surface area contributed by atoms with Crippen molar-refractivity contribution in [2.45, 2.75) is 44.6 Å². The van der Waals surface area contributed by atoms with E-state index in [1.165, 1.54) is 6.42 Å². The van der Waals surface area contributed by atoms with Gasteiger partial charge < -0.3 is 9.47 Å². The summed E-state index contributed by atoms with van der Waals surface area (Å²) in [5.41, 5.74) is 0.00194. The van der Waals surface area contributed by atoms with Crippen molar-refractivity contribution in [3.05, 3.63) is 29.8 Å². The number of hydrogen-bond donors (Lipinski definition) is 0. The second kappa shape index (κ2) is 6.20. The molecule has 0 aliphatic heterocycles. The molecule has 1 aliphatic carbocycles. The number of ether oxygens (including phenoxy) is 2. The van der Waals surface area contributed by atoms with Crippen molar-refractivity contribution in [3.8, 4) is 5.75 Å². The van der Waals surface area contributed by atoms with E-state index in [0.717, 1.165) is 25.7 Å². The van der Waals surface area contributed by atoms with Crippen LogP contribution in [0.15, 0.2) is 24.3 Å². The maximum atomic E-state index is 12.9. The number of carbonyl (C=O) groups is 1. The lowest BCUT2D eigenvalue weighted by atomic mass is 9.79. The molecule has 0 saturated heterocycles. The maximum absolute atomic E-state index is 12.9. The van der Waals surface area contributed by atoms with E-state index in [1.54, 1.807) is 7.11 Å². The molecule has 1 aromatic rings. The van der Waals surface area contributed by atoms with Gasteiger partial charge in [0.05, 0.1) is 12.7 Å². The van der Waals surface area contributed by atoms with Crippen molar-refractivity contribution < 1.29 is 14.3 Å². The minimum absolute atomic E-state index is 0.0755. The molecule has 1 fully saturated rings. The fourth-order valence-electron chi connectivity index (χ4n) is 2.91. The van der Waals surface area contributed by atoms with E-state index in [9.17, 15) is 4.79 Å². The van der Waals surface area contributed by atoms with Crippen LogP contribution < -0.4 is 4.74 Å². The summed E-state index contributed by atoms with van der Waals surface area (Å²) < 4.78 is 11.2. The highest BCUT2D eigenvalue weighted by molar-refractivity contribution is 6.04. The number of ketones is 1. The summed E-state index contributed by atoms with van der Waals surface area (Å²) in [6.45, 7) is 2.52. The smallest absolute Gasteiger partial charge is 0.198 e. The molecule has 0 bridgehead atoms. The van der Waals surface area contributed by atoms with Crippen molar-refractivity contribution in [1.82, 2.24) is 0 Å². The van der Waals surface area contributed by atoms with Crippen molar-refractivity contribution in [2.75, 3.05) is 13.7 Å². The Balaban J connectivity index is 2.33. The van der Waals surface area contributed by atoms with Crippen molar-refractivity contribution in [3.63, 3.8) is 0 Å². The Hall–Kier alpha value is -1.35. The van der Waals surface area contributed by atoms with Crippen LogP contribution in [0.2, 0.25) is 0 Å². The Kier molecular flexibility index (Phi) is 4.59. The average Bonchev–Trinajstić information content (AvgIpc) is 2.47. The van der Waals surface area contributed by atoms with Gasteiger partial charge in [-0.25, -0.2) is 0 Å². The Bertz CT molecular complexity index is 428. The van der Waals surface area contributed by atoms with E-state index < -0.39 is 5.60 Å². The van der Waals surface area contributed by atoms with Gasteiger partial charge in [0.2, 0.25) is 0 Å². The van der Waals surface area contributed by atoms with Gasteiger partial charge in [-0.3, -0.25) is 4.79 Å². The number of Topliss-reactive ketones (excluding diaryl/α,β-unsaturated/α-hetero) is 1. The Labute approximate surface area is 114 Å². The first-order chi connectivity index (χ1) is 9.23. The Morgan fingerprint density at radius 2 is 1.89 bits per heavy atom. The number of rotatable bonds is 5. The molecule has 1 saturated carbocycles. The van der Waals surface area contributed by atoms with E-state index in [0.29, 0.717) is 17.9 Å². The lowest BCUT2D eigenvalue weighted by molar-refractivity contribution is -0.0412. The standard InChI is InChI=1S/C16H22O3/c1-3-19-16(11-7-4-8-12-16)15(17)13-9-5-6-10-14(13)18-2/h5-6,9-10H,3-4,7-8,11-12H2,1-2H3. The van der Waals surface area contributed by atoms with E-state index in [1.807, 2.05) is 31.2 Å². The molecular formula is C16H22O3. The van der Waals surface area contributed by atoms with Crippen LogP contribution in [0.25, 0.3) is 0 Å². The molecule has 104 valence electrons. The zero-order valence-electron chi connectivity index (χ0n) is 11.8. The van der Waals surface area contributed by atoms with Crippen molar-refractivity contribution in [2.24, 2.45) is 0 Å². The molecule has 0 atom stereocenters. The van der Waals surface area contributed by atoms with Crippen LogP contribution in [-0.2, 0) is 4.74 Å². The molecule has 19 heavy (non-hydrogen) atoms. The summed E-state index contributed by atoms with van der Waals surface area (Å²) in [5, 5.41) is 0. The van der Waals surface area contributed by atoms with E-state index in [-0.39, 0.29) is 5.78 Å². The van der Waals surface area contributed by atoms with Gasteiger partial charge in [-0.1, -0.05) is 31.4 Å². The van der Waals surface area contributed by atoms with Crippen LogP contribution in [0.5, 0.6) is 5.75 Å². The quantitative estimate of drug-likeness (QED) is 0.760. The van der Waals surface area contributed by atoms with E-state index in [2.05, 4.69) is 0 Å². The summed E-state index contributed by atoms with van der Waals surface area (Å²) >= 11 is 0. The molecule has 2 rings (SSSR count). The number of hydrogen-bond acceptors (Lipinski definition) is 3. The zero-order valence-corrected chi connectivity index (χ0v) is 11.8. The fourth-order valence-corrected chi connectivity index (χ4v) is 2.91. The van der Waals surface area contributed by atoms with Crippen LogP contribution in [0.4, 0.5) is 0 Å². The third-order valence-corrected chi connectivity index (χ3v) is 3.85. The van der Waals surface area contributed by atoms with Gasteiger partial charge >= 0.3 is 0 Å². The molecule has 0 unspecified atom stereocenters. The van der Waals surface area contributed by atoms with E-state index in [4.69, 9.17) is 9.47 Å². The average molecular weight is 262 g/mol. The minimum atomic E-state index is -0.637. The Morgan fingerprint density at radius 3 is 2.53 bits per heavy atom. The Morgan fingerprint density at radius 1 is 1.21 bits per heavy atom. The van der Waals surface area contributed by atoms with Crippen molar-refractivity contribution in [1.29, 1.82) is 0 Å². The first kappa shape index (κ1) is 14.1. The number of para-hydroxylation sites is 1. The van der Waals surface area contributed by atoms with Gasteiger partial charge in [0.25, 0.3) is 0 Å². The van der Waals surface area contributed by atoms with Gasteiger partial charge in [-0.05, 0) is 31.9 Å². The normalized spacial score (nSPS) is 18.0. The highest BCUT2D eigenvalue weighted by Crippen LogP contribution is 2.36. The van der Waals surface area contributed by atoms with Crippen LogP contribution >= 0.6 is 0 Å². The molecule has 0 spiro atoms. The fraction of sp³-hybridized carbons (Fsp3) is 0.562. The largest absolute Gasteiger partial charge is 0.496 e. The van der Waals surface area contributed by atoms with E-state index >= 15 is 0 Å². The van der Waals surface area contributed by atoms with Gasteiger partial charge in [-0.2, -0.15) is 0 Å². The monoisotopic (exact) mass is 262 g/mol. The number of benzene rings is 1. The molecular weight excluding hydrogens is 240 g/mol. The summed E-state index contributed by atoms with van der Waals surface area (Å²) in [5.74, 6) is 0.712. The van der Waals surface area contributed by atoms with Crippen molar-refractivity contribution >= 4 is 5.78 Å². The molecule has 3 heteroatoms. The molecule has 1 aromatic carbocycles. The molecule has 0 N–H and O–H groups in total. The summed E-state index contributed by atoms with van der Waals surface area (Å²) in [6.07, 6.45) is 4.94. The lowest BCUT2D eigenvalue weighted by Gasteiger charge is -2.35. The second-order valence-electron chi connectivity index (χ2n) is 5.02. The molecule has 0 aromatic heterocycles. The minimum Gasteiger partial charge on any atom is -0.496 e. The molecule has 0 heterocycles. The van der Waals surface area contributed by atoms with Gasteiger partial charge in [0.1, 0.15) is 11.4 Å². The summed E-state index contributed by atoms with van der Waals surface area (Å²) in [6, 6.07) is 7.41. The lowest BCUT2D eigenvalue weighted by Crippen LogP contribution is -2.43. The number of carbonyl (C=O) groups excluding carboxylic acids is 1. The molecule has 0 amide bonds. The van der Waals surface area contributed by atoms with Gasteiger partial charge in [-0.15, -0.1) is 0 Å². The zero-order chi connectivity index (χ0) is 13.7. The summed E-state index contributed by atoms with van der Waals surface area (Å²) in [4.78, 5) is 12.9. The van der Waals surface area contributed by atoms with Crippen LogP contribution in [0.3, 0.4) is 0 Å². The highest BCUT2D eigenvalue weighted by Gasteiger charge is 2.41. The van der Waals surface area contributed by atoms with Crippen LogP contribution in [0.1, 0.15) is 49.4 Å². The van der Waals surface area contributed by atoms with Crippen LogP contribution in [0, 0.1) is 0 Å². The predicted molar refractivity (Wildman–Crippen MR) is 74.8 cm³/mol. The van der Waals surface area contributed by atoms with Gasteiger partial charge in [0, 0.05) is 6.61 Å². The summed E-state index contributed by atoms with van der Waals surface area (Å²) in [7, 11) is 1.60. The topological polar surface area (TPSA) is 35.5 Å². The predicted octanol–water partition coefficient (Wildman–Crippen LogP) is 3.62. The SMILES string of the molecule is CCOC1(C(=O)c2ccccc2OC)CCCCC1. The first-order valence-corrected chi connectivity index (χ1v) is 7.05. The first-order valence-electron chi connectivity index (χ1n) is 7.05. The molecule has 0 radical (unpaired) electrons. The third-order valence-electron chi connectivity index (χ3n) is 3.85. The molecule has 1 aliphatic rings. The number of methoxy groups -OCH3 is 1. The second-order valence-corrected chi connectivity index (χ2v) is 5.02. The maximum Gasteiger partial charge on any atom is 0.198 e. The van der Waals surface area contributed by atoms with Crippen LogP contribution in [-0.4, -0.2) is 25.1 Å². The highest BCUT2D eigenvalue weighted by atomic mass is 16.5. The third kappa shape index (κ3) is 2.81. The molecule has 3 nitrogen and oxygen atoms in total.